The van der Waals surface area contributed by atoms with E-state index in [0.29, 0.717) is 31.9 Å². The maximum Gasteiger partial charge on any atom is 0.227 e. The summed E-state index contributed by atoms with van der Waals surface area (Å²) >= 11 is 6.31. The molecule has 0 unspecified atom stereocenters. The van der Waals surface area contributed by atoms with Crippen LogP contribution in [-0.2, 0) is 11.3 Å². The van der Waals surface area contributed by atoms with E-state index in [1.165, 1.54) is 6.07 Å². The van der Waals surface area contributed by atoms with Gasteiger partial charge in [-0.25, -0.2) is 4.39 Å². The second-order valence-electron chi connectivity index (χ2n) is 7.93. The third-order valence-corrected chi connectivity index (χ3v) is 6.36. The first kappa shape index (κ1) is 20.2. The molecular weight excluding hydrogens is 389 g/mol. The monoisotopic (exact) mass is 415 g/mol. The molecule has 0 bridgehead atoms. The number of carbonyl (C=O) groups excluding carboxylic acids is 1. The Bertz CT molecular complexity index is 854. The van der Waals surface area contributed by atoms with Crippen LogP contribution in [0.5, 0.6) is 0 Å². The average Bonchev–Trinajstić information content (AvgIpc) is 2.76. The fourth-order valence-corrected chi connectivity index (χ4v) is 4.60. The smallest absolute Gasteiger partial charge is 0.227 e. The molecule has 0 saturated carbocycles. The van der Waals surface area contributed by atoms with Gasteiger partial charge in [-0.05, 0) is 43.1 Å². The summed E-state index contributed by atoms with van der Waals surface area (Å²) in [5.74, 6) is 0.0723. The summed E-state index contributed by atoms with van der Waals surface area (Å²) in [6.07, 6.45) is 1.96. The van der Waals surface area contributed by atoms with Gasteiger partial charge in [0, 0.05) is 44.3 Å². The summed E-state index contributed by atoms with van der Waals surface area (Å²) in [4.78, 5) is 19.4. The van der Waals surface area contributed by atoms with Crippen molar-refractivity contribution < 1.29 is 9.18 Å². The summed E-state index contributed by atoms with van der Waals surface area (Å²) in [6, 6.07) is 14.8. The maximum absolute atomic E-state index is 14.0. The van der Waals surface area contributed by atoms with Crippen molar-refractivity contribution in [1.29, 1.82) is 0 Å². The van der Waals surface area contributed by atoms with E-state index < -0.39 is 0 Å². The molecule has 29 heavy (non-hydrogen) atoms. The summed E-state index contributed by atoms with van der Waals surface area (Å²) in [7, 11) is 0. The molecule has 2 aromatic rings. The van der Waals surface area contributed by atoms with Gasteiger partial charge >= 0.3 is 0 Å². The average molecular weight is 416 g/mol. The number of rotatable bonds is 4. The highest BCUT2D eigenvalue weighted by Gasteiger charge is 2.31. The van der Waals surface area contributed by atoms with E-state index in [4.69, 9.17) is 11.6 Å². The zero-order valence-corrected chi connectivity index (χ0v) is 17.3. The van der Waals surface area contributed by atoms with Crippen LogP contribution in [0, 0.1) is 11.7 Å². The topological polar surface area (TPSA) is 26.8 Å². The predicted molar refractivity (Wildman–Crippen MR) is 115 cm³/mol. The molecule has 1 atom stereocenters. The Balaban J connectivity index is 1.33. The van der Waals surface area contributed by atoms with Crippen molar-refractivity contribution in [3.63, 3.8) is 0 Å². The molecule has 2 aliphatic heterocycles. The van der Waals surface area contributed by atoms with Gasteiger partial charge < -0.3 is 9.80 Å². The number of piperazine rings is 1. The Morgan fingerprint density at radius 1 is 1.00 bits per heavy atom. The highest BCUT2D eigenvalue weighted by Crippen LogP contribution is 2.25. The number of nitrogens with zero attached hydrogens (tertiary/aromatic N) is 3. The zero-order valence-electron chi connectivity index (χ0n) is 16.6. The third-order valence-electron chi connectivity index (χ3n) is 5.99. The fraction of sp³-hybridized carbons (Fsp3) is 0.435. The van der Waals surface area contributed by atoms with Gasteiger partial charge in [0.1, 0.15) is 5.82 Å². The quantitative estimate of drug-likeness (QED) is 0.754. The molecule has 0 N–H and O–H groups in total. The first-order chi connectivity index (χ1) is 14.1. The van der Waals surface area contributed by atoms with Crippen molar-refractivity contribution >= 4 is 23.2 Å². The molecule has 2 saturated heterocycles. The fourth-order valence-electron chi connectivity index (χ4n) is 4.40. The van der Waals surface area contributed by atoms with Gasteiger partial charge in [-0.3, -0.25) is 9.69 Å². The SMILES string of the molecule is O=C([C@H]1CCCN(Cc2ccccc2Cl)C1)N1CCN(c2ccccc2F)CC1. The third kappa shape index (κ3) is 4.73. The molecule has 154 valence electrons. The summed E-state index contributed by atoms with van der Waals surface area (Å²) in [6.45, 7) is 5.19. The Hall–Kier alpha value is -2.11. The van der Waals surface area contributed by atoms with E-state index >= 15 is 0 Å². The molecule has 4 nitrogen and oxygen atoms in total. The van der Waals surface area contributed by atoms with Gasteiger partial charge in [0.25, 0.3) is 0 Å². The van der Waals surface area contributed by atoms with Crippen LogP contribution in [0.2, 0.25) is 5.02 Å². The van der Waals surface area contributed by atoms with E-state index in [0.717, 1.165) is 43.1 Å². The van der Waals surface area contributed by atoms with Gasteiger partial charge in [-0.15, -0.1) is 0 Å². The molecule has 0 spiro atoms. The molecular formula is C23H27ClFN3O. The Morgan fingerprint density at radius 3 is 2.48 bits per heavy atom. The number of hydrogen-bond donors (Lipinski definition) is 0. The minimum atomic E-state index is -0.199. The van der Waals surface area contributed by atoms with Gasteiger partial charge in [-0.1, -0.05) is 41.9 Å². The lowest BCUT2D eigenvalue weighted by molar-refractivity contribution is -0.137. The molecule has 0 aromatic heterocycles. The van der Waals surface area contributed by atoms with Crippen LogP contribution < -0.4 is 4.90 Å². The van der Waals surface area contributed by atoms with Crippen molar-refractivity contribution in [2.75, 3.05) is 44.2 Å². The molecule has 2 aliphatic rings. The minimum Gasteiger partial charge on any atom is -0.366 e. The van der Waals surface area contributed by atoms with E-state index in [1.807, 2.05) is 34.1 Å². The first-order valence-electron chi connectivity index (χ1n) is 10.4. The number of anilines is 1. The summed E-state index contributed by atoms with van der Waals surface area (Å²) in [5, 5.41) is 0.783. The molecule has 0 radical (unpaired) electrons. The van der Waals surface area contributed by atoms with Gasteiger partial charge in [-0.2, -0.15) is 0 Å². The molecule has 1 amide bonds. The molecule has 6 heteroatoms. The van der Waals surface area contributed by atoms with E-state index in [9.17, 15) is 9.18 Å². The largest absolute Gasteiger partial charge is 0.366 e. The summed E-state index contributed by atoms with van der Waals surface area (Å²) in [5.41, 5.74) is 1.74. The van der Waals surface area contributed by atoms with E-state index in [2.05, 4.69) is 11.0 Å². The second kappa shape index (κ2) is 9.14. The van der Waals surface area contributed by atoms with Crippen LogP contribution in [0.1, 0.15) is 18.4 Å². The van der Waals surface area contributed by atoms with Crippen LogP contribution in [-0.4, -0.2) is 55.0 Å². The van der Waals surface area contributed by atoms with Crippen LogP contribution in [0.4, 0.5) is 10.1 Å². The molecule has 2 heterocycles. The van der Waals surface area contributed by atoms with Crippen LogP contribution in [0.25, 0.3) is 0 Å². The number of para-hydroxylation sites is 1. The highest BCUT2D eigenvalue weighted by atomic mass is 35.5. The number of benzene rings is 2. The normalized spacial score (nSPS) is 20.7. The summed E-state index contributed by atoms with van der Waals surface area (Å²) < 4.78 is 14.0. The van der Waals surface area contributed by atoms with E-state index in [1.54, 1.807) is 12.1 Å². The lowest BCUT2D eigenvalue weighted by atomic mass is 9.95. The number of carbonyl (C=O) groups is 1. The maximum atomic E-state index is 14.0. The highest BCUT2D eigenvalue weighted by molar-refractivity contribution is 6.31. The van der Waals surface area contributed by atoms with Crippen molar-refractivity contribution in [2.45, 2.75) is 19.4 Å². The zero-order chi connectivity index (χ0) is 20.2. The lowest BCUT2D eigenvalue weighted by Crippen LogP contribution is -2.52. The van der Waals surface area contributed by atoms with E-state index in [-0.39, 0.29) is 17.6 Å². The van der Waals surface area contributed by atoms with Crippen molar-refractivity contribution in [3.8, 4) is 0 Å². The number of hydrogen-bond acceptors (Lipinski definition) is 3. The lowest BCUT2D eigenvalue weighted by Gasteiger charge is -2.39. The molecule has 0 aliphatic carbocycles. The van der Waals surface area contributed by atoms with Crippen LogP contribution in [0.3, 0.4) is 0 Å². The first-order valence-corrected chi connectivity index (χ1v) is 10.7. The van der Waals surface area contributed by atoms with Crippen molar-refractivity contribution in [3.05, 3.63) is 64.9 Å². The van der Waals surface area contributed by atoms with Crippen LogP contribution in [0.15, 0.2) is 48.5 Å². The minimum absolute atomic E-state index is 0.0336. The Labute approximate surface area is 176 Å². The number of amides is 1. The molecule has 2 aromatic carbocycles. The number of piperidine rings is 1. The molecule has 2 fully saturated rings. The number of likely N-dealkylation sites (tertiary alicyclic amines) is 1. The van der Waals surface area contributed by atoms with Crippen molar-refractivity contribution in [1.82, 2.24) is 9.80 Å². The van der Waals surface area contributed by atoms with Gasteiger partial charge in [0.2, 0.25) is 5.91 Å². The van der Waals surface area contributed by atoms with Crippen LogP contribution >= 0.6 is 11.6 Å². The molecule has 4 rings (SSSR count). The van der Waals surface area contributed by atoms with Crippen molar-refractivity contribution in [2.24, 2.45) is 5.92 Å². The van der Waals surface area contributed by atoms with Gasteiger partial charge in [0.15, 0.2) is 0 Å². The van der Waals surface area contributed by atoms with Gasteiger partial charge in [0.05, 0.1) is 11.6 Å². The second-order valence-corrected chi connectivity index (χ2v) is 8.34. The number of halogens is 2. The standard InChI is InChI=1S/C23H27ClFN3O/c24-20-8-2-1-6-18(20)16-26-11-5-7-19(17-26)23(29)28-14-12-27(13-15-28)22-10-4-3-9-21(22)25/h1-4,6,8-10,19H,5,7,11-17H2/t19-/m0/s1. The Morgan fingerprint density at radius 2 is 1.72 bits per heavy atom. The Kier molecular flexibility index (Phi) is 6.36. The predicted octanol–water partition coefficient (Wildman–Crippen LogP) is 4.04.